The maximum Gasteiger partial charge on any atom is -0.0118 e. The van der Waals surface area contributed by atoms with E-state index in [2.05, 4.69) is 6.92 Å². The minimum absolute atomic E-state index is 0.637. The third kappa shape index (κ3) is 1.14. The Labute approximate surface area is 43.7 Å². The molecule has 0 N–H and O–H groups in total. The molecule has 0 amide bonds. The fraction of sp³-hybridized carbons (Fsp3) is 1.00. The van der Waals surface area contributed by atoms with E-state index in [1.807, 2.05) is 0 Å². The molecule has 1 saturated heterocycles. The molecule has 0 aliphatic carbocycles. The molecule has 42 valence electrons. The predicted octanol–water partition coefficient (Wildman–Crippen LogP) is 0.826. The van der Waals surface area contributed by atoms with Gasteiger partial charge in [0.15, 0.2) is 0 Å². The lowest BCUT2D eigenvalue weighted by molar-refractivity contribution is 0.450. The first-order valence-electron chi connectivity index (χ1n) is 2.71. The van der Waals surface area contributed by atoms with Crippen molar-refractivity contribution in [3.05, 3.63) is 5.21 Å². The van der Waals surface area contributed by atoms with Gasteiger partial charge in [0.25, 0.3) is 0 Å². The molecule has 0 bridgehead atoms. The van der Waals surface area contributed by atoms with Crippen LogP contribution in [0.3, 0.4) is 0 Å². The fourth-order valence-electron chi connectivity index (χ4n) is 0.895. The molecule has 1 atom stereocenters. The van der Waals surface area contributed by atoms with Gasteiger partial charge in [0.05, 0.1) is 0 Å². The highest BCUT2D eigenvalue weighted by molar-refractivity contribution is 4.71. The van der Waals surface area contributed by atoms with Gasteiger partial charge in [0, 0.05) is 0 Å². The van der Waals surface area contributed by atoms with Crippen LogP contribution in [0.5, 0.6) is 0 Å². The molecule has 1 aliphatic heterocycles. The van der Waals surface area contributed by atoms with Gasteiger partial charge in [-0.3, -0.25) is 0 Å². The summed E-state index contributed by atoms with van der Waals surface area (Å²) in [6, 6.07) is 0. The van der Waals surface area contributed by atoms with Gasteiger partial charge in [-0.15, -0.1) is 0 Å². The third-order valence-electron chi connectivity index (χ3n) is 1.39. The molecule has 1 aliphatic rings. The van der Waals surface area contributed by atoms with Gasteiger partial charge in [0.1, 0.15) is 0 Å². The standard InChI is InChI=1S/C5H10NO/c1-5-2-3-6(7)4-5/h5H,2-4H2,1H3/q-1/t5-/m1/s1. The molecule has 1 fully saturated rings. The second kappa shape index (κ2) is 1.80. The van der Waals surface area contributed by atoms with Gasteiger partial charge in [0.2, 0.25) is 0 Å². The molecule has 7 heavy (non-hydrogen) atoms. The molecule has 1 heterocycles. The van der Waals surface area contributed by atoms with Gasteiger partial charge in [-0.1, -0.05) is 6.92 Å². The highest BCUT2D eigenvalue weighted by Gasteiger charge is 2.09. The molecule has 0 aromatic heterocycles. The van der Waals surface area contributed by atoms with E-state index in [4.69, 9.17) is 0 Å². The monoisotopic (exact) mass is 100 g/mol. The van der Waals surface area contributed by atoms with Crippen LogP contribution in [-0.4, -0.2) is 18.2 Å². The molecule has 2 nitrogen and oxygen atoms in total. The third-order valence-corrected chi connectivity index (χ3v) is 1.39. The predicted molar refractivity (Wildman–Crippen MR) is 28.7 cm³/mol. The summed E-state index contributed by atoms with van der Waals surface area (Å²) < 4.78 is 0. The molecule has 2 heteroatoms. The van der Waals surface area contributed by atoms with E-state index in [0.717, 1.165) is 24.6 Å². The molecule has 0 saturated carbocycles. The number of hydrogen-bond acceptors (Lipinski definition) is 2. The molecular formula is C5H10NO-. The lowest BCUT2D eigenvalue weighted by atomic mass is 10.2. The molecule has 0 spiro atoms. The van der Waals surface area contributed by atoms with Crippen LogP contribution in [0, 0.1) is 11.1 Å². The van der Waals surface area contributed by atoms with E-state index in [1.54, 1.807) is 0 Å². The smallest absolute Gasteiger partial charge is 0.0118 e. The van der Waals surface area contributed by atoms with Crippen molar-refractivity contribution in [2.45, 2.75) is 13.3 Å². The Morgan fingerprint density at radius 2 is 2.43 bits per heavy atom. The Hall–Kier alpha value is -0.0800. The topological polar surface area (TPSA) is 26.3 Å². The normalized spacial score (nSPS) is 34.3. The van der Waals surface area contributed by atoms with E-state index >= 15 is 0 Å². The molecule has 0 aromatic carbocycles. The lowest BCUT2D eigenvalue weighted by Gasteiger charge is -2.19. The Morgan fingerprint density at radius 1 is 1.71 bits per heavy atom. The van der Waals surface area contributed by atoms with Crippen LogP contribution < -0.4 is 0 Å². The molecule has 1 rings (SSSR count). The van der Waals surface area contributed by atoms with Crippen LogP contribution in [-0.2, 0) is 0 Å². The van der Waals surface area contributed by atoms with Crippen molar-refractivity contribution in [2.24, 2.45) is 5.92 Å². The van der Waals surface area contributed by atoms with Crippen LogP contribution in [0.25, 0.3) is 0 Å². The summed E-state index contributed by atoms with van der Waals surface area (Å²) in [6.45, 7) is 3.61. The van der Waals surface area contributed by atoms with Crippen molar-refractivity contribution in [1.82, 2.24) is 5.06 Å². The zero-order valence-electron chi connectivity index (χ0n) is 4.55. The number of rotatable bonds is 0. The van der Waals surface area contributed by atoms with Gasteiger partial charge >= 0.3 is 0 Å². The van der Waals surface area contributed by atoms with Crippen LogP contribution in [0.4, 0.5) is 0 Å². The zero-order valence-corrected chi connectivity index (χ0v) is 4.55. The number of hydrogen-bond donors (Lipinski definition) is 0. The summed E-state index contributed by atoms with van der Waals surface area (Å²) in [4.78, 5) is 0. The molecule has 0 aromatic rings. The quantitative estimate of drug-likeness (QED) is 0.450. The minimum Gasteiger partial charge on any atom is -0.785 e. The van der Waals surface area contributed by atoms with Crippen molar-refractivity contribution in [3.8, 4) is 0 Å². The number of hydroxylamine groups is 2. The van der Waals surface area contributed by atoms with Crippen LogP contribution in [0.2, 0.25) is 0 Å². The van der Waals surface area contributed by atoms with Gasteiger partial charge in [-0.25, -0.2) is 0 Å². The lowest BCUT2D eigenvalue weighted by Crippen LogP contribution is -2.10. The van der Waals surface area contributed by atoms with E-state index < -0.39 is 0 Å². The summed E-state index contributed by atoms with van der Waals surface area (Å²) in [5.41, 5.74) is 0. The van der Waals surface area contributed by atoms with Crippen molar-refractivity contribution in [1.29, 1.82) is 0 Å². The van der Waals surface area contributed by atoms with Crippen LogP contribution in [0.15, 0.2) is 0 Å². The largest absolute Gasteiger partial charge is 0.785 e. The summed E-state index contributed by atoms with van der Waals surface area (Å²) in [5.74, 6) is 0.637. The summed E-state index contributed by atoms with van der Waals surface area (Å²) in [5, 5.41) is 11.5. The van der Waals surface area contributed by atoms with Crippen molar-refractivity contribution >= 4 is 0 Å². The van der Waals surface area contributed by atoms with E-state index in [9.17, 15) is 5.21 Å². The maximum absolute atomic E-state index is 10.4. The van der Waals surface area contributed by atoms with Gasteiger partial charge in [-0.2, -0.15) is 0 Å². The molecular weight excluding hydrogens is 90.1 g/mol. The second-order valence-electron chi connectivity index (χ2n) is 2.28. The second-order valence-corrected chi connectivity index (χ2v) is 2.28. The van der Waals surface area contributed by atoms with E-state index in [-0.39, 0.29) is 0 Å². The first-order chi connectivity index (χ1) is 3.29. The SMILES string of the molecule is C[C@@H]1CCN([O-])C1. The van der Waals surface area contributed by atoms with E-state index in [1.165, 1.54) is 0 Å². The average molecular weight is 100 g/mol. The molecule has 0 unspecified atom stereocenters. The first-order valence-corrected chi connectivity index (χ1v) is 2.71. The Kier molecular flexibility index (Phi) is 1.30. The fourth-order valence-corrected chi connectivity index (χ4v) is 0.895. The number of nitrogens with zero attached hydrogens (tertiary/aromatic N) is 1. The Balaban J connectivity index is 2.26. The van der Waals surface area contributed by atoms with Gasteiger partial charge in [-0.05, 0) is 25.4 Å². The zero-order chi connectivity index (χ0) is 5.28. The minimum atomic E-state index is 0.637. The highest BCUT2D eigenvalue weighted by atomic mass is 16.5. The van der Waals surface area contributed by atoms with Crippen LogP contribution >= 0.6 is 0 Å². The van der Waals surface area contributed by atoms with Crippen molar-refractivity contribution < 1.29 is 0 Å². The Morgan fingerprint density at radius 3 is 2.57 bits per heavy atom. The maximum atomic E-state index is 10.4. The summed E-state index contributed by atoms with van der Waals surface area (Å²) in [6.07, 6.45) is 1.09. The van der Waals surface area contributed by atoms with Crippen molar-refractivity contribution in [3.63, 3.8) is 0 Å². The summed E-state index contributed by atoms with van der Waals surface area (Å²) in [7, 11) is 0. The highest BCUT2D eigenvalue weighted by Crippen LogP contribution is 2.12. The first kappa shape index (κ1) is 5.06. The Bertz CT molecular complexity index is 57.1. The van der Waals surface area contributed by atoms with E-state index in [0.29, 0.717) is 5.92 Å². The summed E-state index contributed by atoms with van der Waals surface area (Å²) >= 11 is 0. The average Bonchev–Trinajstić information content (AvgIpc) is 1.87. The van der Waals surface area contributed by atoms with Crippen molar-refractivity contribution in [2.75, 3.05) is 13.1 Å². The molecule has 0 radical (unpaired) electrons. The van der Waals surface area contributed by atoms with Crippen LogP contribution in [0.1, 0.15) is 13.3 Å². The van der Waals surface area contributed by atoms with Gasteiger partial charge < -0.3 is 10.3 Å².